The molecule has 3 atom stereocenters. The number of nitrogens with zero attached hydrogens (tertiary/aromatic N) is 4. The van der Waals surface area contributed by atoms with Gasteiger partial charge in [0.2, 0.25) is 0 Å². The number of aryl methyl sites for hydroxylation is 1. The number of anilines is 3. The first-order valence-electron chi connectivity index (χ1n) is 16.0. The molecule has 0 radical (unpaired) electrons. The summed E-state index contributed by atoms with van der Waals surface area (Å²) < 4.78 is 2.49. The second-order valence-corrected chi connectivity index (χ2v) is 13.1. The molecule has 0 aliphatic carbocycles. The summed E-state index contributed by atoms with van der Waals surface area (Å²) in [6.45, 7) is 2.54. The summed E-state index contributed by atoms with van der Waals surface area (Å²) in [6, 6.07) is 29.2. The third-order valence-electron chi connectivity index (χ3n) is 8.86. The monoisotopic (exact) mass is 720 g/mol. The van der Waals surface area contributed by atoms with Crippen LogP contribution < -0.4 is 16.0 Å². The number of amides is 2. The van der Waals surface area contributed by atoms with Crippen molar-refractivity contribution in [1.82, 2.24) is 15.0 Å². The van der Waals surface area contributed by atoms with Crippen LogP contribution in [0.15, 0.2) is 120 Å². The van der Waals surface area contributed by atoms with E-state index in [1.165, 1.54) is 0 Å². The van der Waals surface area contributed by atoms with Gasteiger partial charge in [0, 0.05) is 45.6 Å². The summed E-state index contributed by atoms with van der Waals surface area (Å²) in [5.41, 5.74) is 9.32. The molecule has 1 aliphatic rings. The number of nitrogen functional groups attached to an aromatic ring is 1. The molecule has 0 bridgehead atoms. The third-order valence-corrected chi connectivity index (χ3v) is 9.36. The smallest absolute Gasteiger partial charge is 0.264 e. The van der Waals surface area contributed by atoms with Crippen molar-refractivity contribution in [3.63, 3.8) is 0 Å². The van der Waals surface area contributed by atoms with Crippen LogP contribution >= 0.6 is 15.9 Å². The fourth-order valence-electron chi connectivity index (χ4n) is 6.07. The van der Waals surface area contributed by atoms with Gasteiger partial charge in [-0.05, 0) is 72.1 Å². The molecule has 49 heavy (non-hydrogen) atoms. The van der Waals surface area contributed by atoms with Crippen molar-refractivity contribution < 1.29 is 19.8 Å². The zero-order valence-corrected chi connectivity index (χ0v) is 28.5. The fraction of sp³-hybridized carbons (Fsp3) is 0.211. The fourth-order valence-corrected chi connectivity index (χ4v) is 6.43. The van der Waals surface area contributed by atoms with Crippen LogP contribution in [-0.2, 0) is 23.5 Å². The number of allylic oxidation sites excluding steroid dienone is 1. The summed E-state index contributed by atoms with van der Waals surface area (Å²) in [4.78, 5) is 28.3. The highest BCUT2D eigenvalue weighted by atomic mass is 79.9. The molecule has 6 rings (SSSR count). The first kappa shape index (κ1) is 33.8. The van der Waals surface area contributed by atoms with E-state index in [0.29, 0.717) is 46.8 Å². The van der Waals surface area contributed by atoms with Gasteiger partial charge < -0.3 is 26.2 Å². The van der Waals surface area contributed by atoms with Gasteiger partial charge in [-0.2, -0.15) is 0 Å². The molecule has 0 fully saturated rings. The Morgan fingerprint density at radius 2 is 1.78 bits per heavy atom. The third kappa shape index (κ3) is 7.19. The molecule has 1 aliphatic heterocycles. The van der Waals surface area contributed by atoms with Crippen molar-refractivity contribution in [3.8, 4) is 0 Å². The van der Waals surface area contributed by atoms with Gasteiger partial charge in [-0.3, -0.25) is 14.3 Å². The van der Waals surface area contributed by atoms with Crippen LogP contribution in [0.1, 0.15) is 52.0 Å². The minimum absolute atomic E-state index is 0.0732. The SMILES string of the molecule is C[C@H](/C=C/CCn1cc(C(CO)c2ccccc2)nn1)[C@@]1(O)C(=O)N(Cc2ccc(NC(=O)c3ccc(N)cc3)cc2)c2ccc(Br)cc21. The van der Waals surface area contributed by atoms with Crippen LogP contribution in [0.3, 0.4) is 0 Å². The lowest BCUT2D eigenvalue weighted by atomic mass is 9.83. The highest BCUT2D eigenvalue weighted by Crippen LogP contribution is 2.46. The average molecular weight is 722 g/mol. The van der Waals surface area contributed by atoms with E-state index in [4.69, 9.17) is 5.73 Å². The van der Waals surface area contributed by atoms with Gasteiger partial charge in [0.25, 0.3) is 11.8 Å². The number of halogens is 1. The number of rotatable bonds is 12. The van der Waals surface area contributed by atoms with Gasteiger partial charge in [-0.25, -0.2) is 0 Å². The van der Waals surface area contributed by atoms with E-state index in [1.54, 1.807) is 52.0 Å². The lowest BCUT2D eigenvalue weighted by molar-refractivity contribution is -0.139. The first-order chi connectivity index (χ1) is 23.7. The summed E-state index contributed by atoms with van der Waals surface area (Å²) in [5, 5.41) is 33.4. The van der Waals surface area contributed by atoms with E-state index in [2.05, 4.69) is 31.6 Å². The molecular weight excluding hydrogens is 684 g/mol. The second kappa shape index (κ2) is 14.6. The number of aliphatic hydroxyl groups excluding tert-OH is 1. The van der Waals surface area contributed by atoms with Gasteiger partial charge in [0.15, 0.2) is 5.60 Å². The quantitative estimate of drug-likeness (QED) is 0.0911. The first-order valence-corrected chi connectivity index (χ1v) is 16.8. The van der Waals surface area contributed by atoms with Crippen molar-refractivity contribution in [3.05, 3.63) is 148 Å². The molecule has 2 heterocycles. The van der Waals surface area contributed by atoms with Crippen LogP contribution in [0, 0.1) is 5.92 Å². The van der Waals surface area contributed by atoms with Crippen molar-refractivity contribution in [2.24, 2.45) is 5.92 Å². The zero-order chi connectivity index (χ0) is 34.5. The number of carbonyl (C=O) groups excluding carboxylic acids is 2. The highest BCUT2D eigenvalue weighted by molar-refractivity contribution is 9.10. The molecule has 4 aromatic carbocycles. The van der Waals surface area contributed by atoms with Crippen molar-refractivity contribution in [2.75, 3.05) is 22.6 Å². The van der Waals surface area contributed by atoms with E-state index in [-0.39, 0.29) is 25.0 Å². The van der Waals surface area contributed by atoms with Gasteiger partial charge in [0.05, 0.1) is 30.5 Å². The predicted octanol–water partition coefficient (Wildman–Crippen LogP) is 6.02. The molecule has 2 amide bonds. The number of hydrogen-bond donors (Lipinski definition) is 4. The summed E-state index contributed by atoms with van der Waals surface area (Å²) in [5.74, 6) is -1.45. The van der Waals surface area contributed by atoms with Crippen molar-refractivity contribution in [1.29, 1.82) is 0 Å². The molecule has 10 nitrogen and oxygen atoms in total. The molecule has 0 spiro atoms. The lowest BCUT2D eigenvalue weighted by Crippen LogP contribution is -2.44. The molecule has 0 saturated carbocycles. The van der Waals surface area contributed by atoms with Gasteiger partial charge in [0.1, 0.15) is 0 Å². The molecule has 5 aromatic rings. The van der Waals surface area contributed by atoms with Crippen LogP contribution in [0.2, 0.25) is 0 Å². The lowest BCUT2D eigenvalue weighted by Gasteiger charge is -2.27. The van der Waals surface area contributed by atoms with E-state index in [0.717, 1.165) is 15.6 Å². The molecule has 11 heteroatoms. The Morgan fingerprint density at radius 3 is 2.49 bits per heavy atom. The molecular formula is C38H37BrN6O4. The zero-order valence-electron chi connectivity index (χ0n) is 26.9. The minimum atomic E-state index is -1.77. The largest absolute Gasteiger partial charge is 0.399 e. The van der Waals surface area contributed by atoms with E-state index < -0.39 is 17.4 Å². The van der Waals surface area contributed by atoms with Crippen LogP contribution in [0.5, 0.6) is 0 Å². The Bertz CT molecular complexity index is 1960. The van der Waals surface area contributed by atoms with Crippen molar-refractivity contribution in [2.45, 2.75) is 38.0 Å². The number of hydrogen-bond acceptors (Lipinski definition) is 7. The Balaban J connectivity index is 1.11. The molecule has 1 unspecified atom stereocenters. The minimum Gasteiger partial charge on any atom is -0.399 e. The molecule has 0 saturated heterocycles. The van der Waals surface area contributed by atoms with Gasteiger partial charge >= 0.3 is 0 Å². The van der Waals surface area contributed by atoms with Crippen LogP contribution in [0.4, 0.5) is 17.1 Å². The Morgan fingerprint density at radius 1 is 1.04 bits per heavy atom. The van der Waals surface area contributed by atoms with E-state index in [9.17, 15) is 19.8 Å². The molecule has 1 aromatic heterocycles. The predicted molar refractivity (Wildman–Crippen MR) is 193 cm³/mol. The summed E-state index contributed by atoms with van der Waals surface area (Å²) in [6.07, 6.45) is 6.24. The molecule has 5 N–H and O–H groups in total. The average Bonchev–Trinajstić information content (AvgIpc) is 3.66. The Labute approximate surface area is 293 Å². The number of carbonyl (C=O) groups is 2. The number of aromatic nitrogens is 3. The number of benzene rings is 4. The van der Waals surface area contributed by atoms with Crippen LogP contribution in [-0.4, -0.2) is 43.6 Å². The summed E-state index contributed by atoms with van der Waals surface area (Å²) in [7, 11) is 0. The Kier molecular flexibility index (Phi) is 10.0. The summed E-state index contributed by atoms with van der Waals surface area (Å²) >= 11 is 3.51. The van der Waals surface area contributed by atoms with E-state index >= 15 is 0 Å². The maximum Gasteiger partial charge on any atom is 0.264 e. The number of nitrogens with one attached hydrogen (secondary N) is 1. The van der Waals surface area contributed by atoms with Crippen molar-refractivity contribution >= 4 is 44.8 Å². The maximum absolute atomic E-state index is 14.0. The van der Waals surface area contributed by atoms with Crippen LogP contribution in [0.25, 0.3) is 0 Å². The van der Waals surface area contributed by atoms with E-state index in [1.807, 2.05) is 79.9 Å². The molecule has 250 valence electrons. The number of aliphatic hydroxyl groups is 2. The second-order valence-electron chi connectivity index (χ2n) is 12.2. The number of nitrogens with two attached hydrogens (primary N) is 1. The topological polar surface area (TPSA) is 147 Å². The standard InChI is InChI=1S/C38H37BrN6O4/c1-25(7-5-6-20-44-23-34(42-43-44)32(24-46)27-8-3-2-4-9-27)38(49)33-21-29(39)14-19-35(33)45(37(38)48)22-26-10-17-31(18-11-26)41-36(47)28-12-15-30(40)16-13-28/h2-5,7-19,21,23,25,32,46,49H,6,20,22,24,40H2,1H3,(H,41,47)/b7-5+/t25-,32?,38+/m1/s1. The maximum atomic E-state index is 14.0. The highest BCUT2D eigenvalue weighted by Gasteiger charge is 2.52. The normalized spacial score (nSPS) is 16.9. The Hall–Kier alpha value is -5.10. The van der Waals surface area contributed by atoms with Gasteiger partial charge in [-0.1, -0.05) is 82.7 Å². The number of fused-ring (bicyclic) bond motifs is 1. The van der Waals surface area contributed by atoms with Gasteiger partial charge in [-0.15, -0.1) is 5.10 Å².